The molecule has 1 saturated heterocycles. The van der Waals surface area contributed by atoms with E-state index in [-0.39, 0.29) is 10.7 Å². The topological polar surface area (TPSA) is 80.6 Å². The molecule has 0 unspecified atom stereocenters. The molecule has 1 aliphatic heterocycles. The van der Waals surface area contributed by atoms with Gasteiger partial charge in [-0.1, -0.05) is 48.5 Å². The van der Waals surface area contributed by atoms with Gasteiger partial charge in [0, 0.05) is 27.7 Å². The smallest absolute Gasteiger partial charge is 0.294 e. The summed E-state index contributed by atoms with van der Waals surface area (Å²) in [6.07, 6.45) is 1.68. The van der Waals surface area contributed by atoms with E-state index >= 15 is 0 Å². The lowest BCUT2D eigenvalue weighted by Crippen LogP contribution is -2.36. The number of carbonyl (C=O) groups is 3. The molecule has 192 valence electrons. The van der Waals surface area contributed by atoms with Crippen molar-refractivity contribution in [3.05, 3.63) is 100 Å². The molecule has 38 heavy (non-hydrogen) atoms. The number of anilines is 1. The summed E-state index contributed by atoms with van der Waals surface area (Å²) in [5, 5.41) is 3.04. The number of benzene rings is 3. The van der Waals surface area contributed by atoms with E-state index in [2.05, 4.69) is 5.32 Å². The average molecular weight is 530 g/mol. The third-order valence-corrected chi connectivity index (χ3v) is 7.31. The van der Waals surface area contributed by atoms with Crippen molar-refractivity contribution < 1.29 is 23.5 Å². The number of aromatic nitrogens is 1. The van der Waals surface area contributed by atoms with Crippen LogP contribution >= 0.6 is 11.8 Å². The fraction of sp³-hybridized carbons (Fsp3) is 0.138. The number of hydrogen-bond acceptors (Lipinski definition) is 5. The first-order chi connectivity index (χ1) is 18.4. The predicted molar refractivity (Wildman–Crippen MR) is 146 cm³/mol. The number of methoxy groups -OCH3 is 1. The van der Waals surface area contributed by atoms with Gasteiger partial charge < -0.3 is 14.6 Å². The Bertz CT molecular complexity index is 1610. The number of nitrogens with zero attached hydrogens (tertiary/aromatic N) is 2. The molecular formula is C29H24FN3O4S. The largest absolute Gasteiger partial charge is 0.495 e. The molecule has 3 aromatic carbocycles. The number of thioether (sulfide) groups is 1. The Morgan fingerprint density at radius 3 is 2.53 bits per heavy atom. The van der Waals surface area contributed by atoms with Gasteiger partial charge in [0.2, 0.25) is 5.91 Å². The molecule has 2 heterocycles. The first-order valence-corrected chi connectivity index (χ1v) is 12.7. The number of ether oxygens (including phenoxy) is 1. The zero-order chi connectivity index (χ0) is 26.8. The Labute approximate surface area is 222 Å². The zero-order valence-corrected chi connectivity index (χ0v) is 21.5. The molecule has 0 spiro atoms. The quantitative estimate of drug-likeness (QED) is 0.305. The van der Waals surface area contributed by atoms with Gasteiger partial charge in [0.15, 0.2) is 0 Å². The molecule has 0 saturated carbocycles. The summed E-state index contributed by atoms with van der Waals surface area (Å²) in [6, 6.07) is 21.1. The van der Waals surface area contributed by atoms with Crippen LogP contribution in [0.5, 0.6) is 5.75 Å². The first-order valence-electron chi connectivity index (χ1n) is 11.9. The summed E-state index contributed by atoms with van der Waals surface area (Å²) in [7, 11) is 1.49. The number of halogens is 1. The Morgan fingerprint density at radius 2 is 1.74 bits per heavy atom. The average Bonchev–Trinajstić information content (AvgIpc) is 3.33. The van der Waals surface area contributed by atoms with Crippen molar-refractivity contribution in [1.82, 2.24) is 9.47 Å². The Balaban J connectivity index is 1.42. The summed E-state index contributed by atoms with van der Waals surface area (Å²) in [5.41, 5.74) is 3.47. The minimum atomic E-state index is -0.541. The number of hydrogen-bond donors (Lipinski definition) is 1. The number of para-hydroxylation sites is 3. The molecule has 0 radical (unpaired) electrons. The second kappa shape index (κ2) is 10.5. The van der Waals surface area contributed by atoms with Crippen LogP contribution < -0.4 is 10.1 Å². The van der Waals surface area contributed by atoms with Crippen molar-refractivity contribution in [2.75, 3.05) is 19.0 Å². The normalized spacial score (nSPS) is 14.5. The second-order valence-corrected chi connectivity index (χ2v) is 9.70. The SMILES string of the molecule is COc1ccccc1NC(=O)CN1C(=O)S/C(=C\c2c(C)n(Cc3ccccc3F)c3ccccc23)C1=O. The number of rotatable bonds is 7. The maximum Gasteiger partial charge on any atom is 0.294 e. The highest BCUT2D eigenvalue weighted by atomic mass is 32.2. The van der Waals surface area contributed by atoms with Crippen molar-refractivity contribution in [2.45, 2.75) is 13.5 Å². The van der Waals surface area contributed by atoms with E-state index in [1.54, 1.807) is 48.5 Å². The van der Waals surface area contributed by atoms with Crippen molar-refractivity contribution in [2.24, 2.45) is 0 Å². The minimum absolute atomic E-state index is 0.219. The van der Waals surface area contributed by atoms with Gasteiger partial charge in [0.05, 0.1) is 24.2 Å². The van der Waals surface area contributed by atoms with Gasteiger partial charge in [-0.3, -0.25) is 19.3 Å². The molecule has 3 amide bonds. The number of imide groups is 1. The molecule has 1 fully saturated rings. The van der Waals surface area contributed by atoms with Gasteiger partial charge in [0.25, 0.3) is 11.1 Å². The van der Waals surface area contributed by atoms with Crippen LogP contribution in [0.25, 0.3) is 17.0 Å². The Kier molecular flexibility index (Phi) is 7.02. The van der Waals surface area contributed by atoms with E-state index < -0.39 is 23.6 Å². The highest BCUT2D eigenvalue weighted by Crippen LogP contribution is 2.36. The lowest BCUT2D eigenvalue weighted by molar-refractivity contribution is -0.127. The maximum absolute atomic E-state index is 14.4. The summed E-state index contributed by atoms with van der Waals surface area (Å²) in [4.78, 5) is 39.7. The number of fused-ring (bicyclic) bond motifs is 1. The number of nitrogens with one attached hydrogen (secondary N) is 1. The van der Waals surface area contributed by atoms with Crippen molar-refractivity contribution in [3.8, 4) is 5.75 Å². The van der Waals surface area contributed by atoms with E-state index in [9.17, 15) is 18.8 Å². The van der Waals surface area contributed by atoms with Crippen LogP contribution in [0.2, 0.25) is 0 Å². The van der Waals surface area contributed by atoms with Crippen LogP contribution in [0.3, 0.4) is 0 Å². The van der Waals surface area contributed by atoms with Crippen molar-refractivity contribution in [3.63, 3.8) is 0 Å². The number of carbonyl (C=O) groups excluding carboxylic acids is 3. The molecule has 1 N–H and O–H groups in total. The van der Waals surface area contributed by atoms with E-state index in [1.165, 1.54) is 13.2 Å². The van der Waals surface area contributed by atoms with Gasteiger partial charge in [-0.15, -0.1) is 0 Å². The Morgan fingerprint density at radius 1 is 1.03 bits per heavy atom. The molecule has 0 bridgehead atoms. The monoisotopic (exact) mass is 529 g/mol. The fourth-order valence-corrected chi connectivity index (χ4v) is 5.31. The summed E-state index contributed by atoms with van der Waals surface area (Å²) in [5.74, 6) is -0.882. The van der Waals surface area contributed by atoms with E-state index in [0.29, 0.717) is 23.5 Å². The van der Waals surface area contributed by atoms with Crippen LogP contribution in [0.15, 0.2) is 77.7 Å². The van der Waals surface area contributed by atoms with Crippen LogP contribution in [-0.2, 0) is 16.1 Å². The van der Waals surface area contributed by atoms with Crippen LogP contribution in [-0.4, -0.2) is 40.2 Å². The van der Waals surface area contributed by atoms with Crippen LogP contribution in [0.4, 0.5) is 14.9 Å². The van der Waals surface area contributed by atoms with E-state index in [4.69, 9.17) is 4.74 Å². The fourth-order valence-electron chi connectivity index (χ4n) is 4.49. The van der Waals surface area contributed by atoms with Gasteiger partial charge in [-0.25, -0.2) is 4.39 Å². The maximum atomic E-state index is 14.4. The first kappa shape index (κ1) is 25.3. The molecule has 0 aliphatic carbocycles. The summed E-state index contributed by atoms with van der Waals surface area (Å²) < 4.78 is 21.6. The van der Waals surface area contributed by atoms with Gasteiger partial charge in [-0.2, -0.15) is 0 Å². The van der Waals surface area contributed by atoms with Gasteiger partial charge in [-0.05, 0) is 49.0 Å². The van der Waals surface area contributed by atoms with E-state index in [0.717, 1.165) is 38.8 Å². The predicted octanol–water partition coefficient (Wildman–Crippen LogP) is 5.82. The molecule has 7 nitrogen and oxygen atoms in total. The van der Waals surface area contributed by atoms with E-state index in [1.807, 2.05) is 35.8 Å². The molecule has 0 atom stereocenters. The molecule has 9 heteroatoms. The molecule has 5 rings (SSSR count). The lowest BCUT2D eigenvalue weighted by atomic mass is 10.1. The summed E-state index contributed by atoms with van der Waals surface area (Å²) >= 11 is 0.790. The molecule has 1 aromatic heterocycles. The van der Waals surface area contributed by atoms with Crippen LogP contribution in [0, 0.1) is 12.7 Å². The molecule has 1 aliphatic rings. The van der Waals surface area contributed by atoms with Gasteiger partial charge in [0.1, 0.15) is 18.1 Å². The highest BCUT2D eigenvalue weighted by Gasteiger charge is 2.36. The molecule has 4 aromatic rings. The van der Waals surface area contributed by atoms with Crippen LogP contribution in [0.1, 0.15) is 16.8 Å². The second-order valence-electron chi connectivity index (χ2n) is 8.71. The van der Waals surface area contributed by atoms with Crippen molar-refractivity contribution >= 4 is 51.5 Å². The minimum Gasteiger partial charge on any atom is -0.495 e. The highest BCUT2D eigenvalue weighted by molar-refractivity contribution is 8.18. The van der Waals surface area contributed by atoms with Crippen molar-refractivity contribution in [1.29, 1.82) is 0 Å². The molecular weight excluding hydrogens is 505 g/mol. The number of amides is 3. The summed E-state index contributed by atoms with van der Waals surface area (Å²) in [6.45, 7) is 1.79. The lowest BCUT2D eigenvalue weighted by Gasteiger charge is -2.14. The third-order valence-electron chi connectivity index (χ3n) is 6.40. The third kappa shape index (κ3) is 4.80. The standard InChI is InChI=1S/C29H24FN3O4S/c1-18-21(20-10-4-7-13-24(20)32(18)16-19-9-3-5-11-22(19)30)15-26-28(35)33(29(36)38-26)17-27(34)31-23-12-6-8-14-25(23)37-2/h3-15H,16-17H2,1-2H3,(H,31,34)/b26-15-. The van der Waals surface area contributed by atoms with Gasteiger partial charge >= 0.3 is 0 Å². The Hall–Kier alpha value is -4.37. The zero-order valence-electron chi connectivity index (χ0n) is 20.7.